The number of rotatable bonds is 2. The van der Waals surface area contributed by atoms with E-state index in [1.807, 2.05) is 6.92 Å². The molecule has 4 nitrogen and oxygen atoms in total. The van der Waals surface area contributed by atoms with Gasteiger partial charge in [0, 0.05) is 12.5 Å². The van der Waals surface area contributed by atoms with Gasteiger partial charge in [-0.15, -0.1) is 0 Å². The van der Waals surface area contributed by atoms with E-state index in [9.17, 15) is 19.3 Å². The molecule has 5 heteroatoms. The molecule has 0 aromatic heterocycles. The Morgan fingerprint density at radius 2 is 2.11 bits per heavy atom. The van der Waals surface area contributed by atoms with Crippen molar-refractivity contribution in [3.8, 4) is 0 Å². The highest BCUT2D eigenvalue weighted by Crippen LogP contribution is 2.31. The molecule has 94 valence electrons. The number of hydrogen-bond acceptors (Lipinski definition) is 3. The topological polar surface area (TPSA) is 60.2 Å². The van der Waals surface area contributed by atoms with Gasteiger partial charge < -0.3 is 0 Å². The Morgan fingerprint density at radius 3 is 2.72 bits per heavy atom. The van der Waals surface area contributed by atoms with E-state index >= 15 is 0 Å². The molecule has 1 aliphatic carbocycles. The molecule has 0 saturated carbocycles. The zero-order valence-electron chi connectivity index (χ0n) is 9.85. The molecule has 0 aliphatic heterocycles. The molecule has 0 spiro atoms. The standard InChI is InChI=1S/C13H12FNO3/c1-8-4-10(6-11(16)5-8)9-2-3-12(14)13(7-9)15(17)18/h2-3,6-8H,4-5H2,1H3/t8-/m0/s1. The highest BCUT2D eigenvalue weighted by Gasteiger charge is 2.21. The first-order chi connectivity index (χ1) is 8.47. The minimum absolute atomic E-state index is 0.00993. The minimum atomic E-state index is -0.862. The fourth-order valence-electron chi connectivity index (χ4n) is 2.16. The van der Waals surface area contributed by atoms with E-state index in [0.717, 1.165) is 11.6 Å². The average Bonchev–Trinajstić information content (AvgIpc) is 2.27. The van der Waals surface area contributed by atoms with Gasteiger partial charge in [-0.3, -0.25) is 14.9 Å². The Morgan fingerprint density at radius 1 is 1.39 bits per heavy atom. The molecule has 1 aromatic carbocycles. The van der Waals surface area contributed by atoms with Crippen molar-refractivity contribution in [1.82, 2.24) is 0 Å². The summed E-state index contributed by atoms with van der Waals surface area (Å²) in [7, 11) is 0. The molecular formula is C13H12FNO3. The lowest BCUT2D eigenvalue weighted by atomic mass is 9.86. The minimum Gasteiger partial charge on any atom is -0.295 e. The van der Waals surface area contributed by atoms with Gasteiger partial charge in [-0.1, -0.05) is 13.0 Å². The summed E-state index contributed by atoms with van der Waals surface area (Å²) in [5, 5.41) is 10.7. The number of carbonyl (C=O) groups is 1. The van der Waals surface area contributed by atoms with Gasteiger partial charge in [-0.2, -0.15) is 4.39 Å². The zero-order chi connectivity index (χ0) is 13.3. The summed E-state index contributed by atoms with van der Waals surface area (Å²) >= 11 is 0. The number of allylic oxidation sites excluding steroid dienone is 2. The van der Waals surface area contributed by atoms with E-state index < -0.39 is 16.4 Å². The van der Waals surface area contributed by atoms with Crippen LogP contribution in [0, 0.1) is 21.8 Å². The van der Waals surface area contributed by atoms with E-state index in [0.29, 0.717) is 18.4 Å². The first kappa shape index (κ1) is 12.4. The van der Waals surface area contributed by atoms with Crippen molar-refractivity contribution in [2.24, 2.45) is 5.92 Å². The lowest BCUT2D eigenvalue weighted by molar-refractivity contribution is -0.387. The molecule has 0 heterocycles. The maximum Gasteiger partial charge on any atom is 0.305 e. The Kier molecular flexibility index (Phi) is 3.23. The van der Waals surface area contributed by atoms with Crippen molar-refractivity contribution < 1.29 is 14.1 Å². The van der Waals surface area contributed by atoms with E-state index in [4.69, 9.17) is 0 Å². The summed E-state index contributed by atoms with van der Waals surface area (Å²) < 4.78 is 13.2. The first-order valence-corrected chi connectivity index (χ1v) is 5.65. The summed E-state index contributed by atoms with van der Waals surface area (Å²) in [6.45, 7) is 1.95. The molecule has 1 atom stereocenters. The van der Waals surface area contributed by atoms with Gasteiger partial charge in [0.1, 0.15) is 0 Å². The fraction of sp³-hybridized carbons (Fsp3) is 0.308. The first-order valence-electron chi connectivity index (χ1n) is 5.65. The van der Waals surface area contributed by atoms with Crippen LogP contribution in [0.2, 0.25) is 0 Å². The molecule has 2 rings (SSSR count). The summed E-state index contributed by atoms with van der Waals surface area (Å²) in [6.07, 6.45) is 2.66. The molecule has 0 saturated heterocycles. The van der Waals surface area contributed by atoms with E-state index in [1.54, 1.807) is 0 Å². The van der Waals surface area contributed by atoms with Crippen LogP contribution in [0.25, 0.3) is 5.57 Å². The van der Waals surface area contributed by atoms with Crippen molar-refractivity contribution in [2.75, 3.05) is 0 Å². The molecule has 0 unspecified atom stereocenters. The molecule has 0 radical (unpaired) electrons. The lowest BCUT2D eigenvalue weighted by Crippen LogP contribution is -2.10. The largest absolute Gasteiger partial charge is 0.305 e. The Labute approximate surface area is 103 Å². The predicted octanol–water partition coefficient (Wildman–Crippen LogP) is 3.12. The third kappa shape index (κ3) is 2.45. The molecular weight excluding hydrogens is 237 g/mol. The summed E-state index contributed by atoms with van der Waals surface area (Å²) in [5.74, 6) is -0.642. The van der Waals surface area contributed by atoms with Crippen molar-refractivity contribution in [1.29, 1.82) is 0 Å². The van der Waals surface area contributed by atoms with E-state index in [2.05, 4.69) is 0 Å². The highest BCUT2D eigenvalue weighted by atomic mass is 19.1. The van der Waals surface area contributed by atoms with Crippen molar-refractivity contribution in [3.05, 3.63) is 45.8 Å². The van der Waals surface area contributed by atoms with Crippen molar-refractivity contribution in [3.63, 3.8) is 0 Å². The van der Waals surface area contributed by atoms with Crippen LogP contribution in [0.3, 0.4) is 0 Å². The zero-order valence-corrected chi connectivity index (χ0v) is 9.85. The third-order valence-corrected chi connectivity index (χ3v) is 2.97. The third-order valence-electron chi connectivity index (χ3n) is 2.97. The molecule has 1 aromatic rings. The van der Waals surface area contributed by atoms with Gasteiger partial charge in [0.2, 0.25) is 5.82 Å². The number of halogens is 1. The summed E-state index contributed by atoms with van der Waals surface area (Å²) in [4.78, 5) is 21.4. The van der Waals surface area contributed by atoms with Gasteiger partial charge in [0.05, 0.1) is 4.92 Å². The normalized spacial score (nSPS) is 19.6. The van der Waals surface area contributed by atoms with Crippen LogP contribution >= 0.6 is 0 Å². The SMILES string of the molecule is C[C@@H]1CC(=O)C=C(c2ccc(F)c([N+](=O)[O-])c2)C1. The van der Waals surface area contributed by atoms with Crippen LogP contribution in [-0.2, 0) is 4.79 Å². The van der Waals surface area contributed by atoms with Crippen LogP contribution < -0.4 is 0 Å². The second kappa shape index (κ2) is 4.68. The van der Waals surface area contributed by atoms with Gasteiger partial charge in [-0.05, 0) is 35.6 Å². The molecule has 0 fully saturated rings. The second-order valence-electron chi connectivity index (χ2n) is 4.57. The Hall–Kier alpha value is -2.04. The average molecular weight is 249 g/mol. The van der Waals surface area contributed by atoms with Crippen LogP contribution in [0.1, 0.15) is 25.3 Å². The molecule has 0 bridgehead atoms. The number of carbonyl (C=O) groups excluding carboxylic acids is 1. The molecule has 0 amide bonds. The number of nitro groups is 1. The lowest BCUT2D eigenvalue weighted by Gasteiger charge is -2.18. The second-order valence-corrected chi connectivity index (χ2v) is 4.57. The number of ketones is 1. The monoisotopic (exact) mass is 249 g/mol. The summed E-state index contributed by atoms with van der Waals surface area (Å²) in [5.41, 5.74) is 0.726. The Balaban J connectivity index is 2.43. The number of nitro benzene ring substituents is 1. The number of nitrogens with zero attached hydrogens (tertiary/aromatic N) is 1. The van der Waals surface area contributed by atoms with Gasteiger partial charge in [0.15, 0.2) is 5.78 Å². The van der Waals surface area contributed by atoms with Crippen molar-refractivity contribution >= 4 is 17.0 Å². The van der Waals surface area contributed by atoms with Crippen LogP contribution in [0.5, 0.6) is 0 Å². The molecule has 1 aliphatic rings. The maximum atomic E-state index is 13.2. The molecule has 0 N–H and O–H groups in total. The van der Waals surface area contributed by atoms with Gasteiger partial charge in [0.25, 0.3) is 0 Å². The van der Waals surface area contributed by atoms with E-state index in [1.165, 1.54) is 18.2 Å². The predicted molar refractivity (Wildman–Crippen MR) is 64.4 cm³/mol. The number of benzene rings is 1. The number of hydrogen-bond donors (Lipinski definition) is 0. The van der Waals surface area contributed by atoms with Gasteiger partial charge in [-0.25, -0.2) is 0 Å². The fourth-order valence-corrected chi connectivity index (χ4v) is 2.16. The maximum absolute atomic E-state index is 13.2. The van der Waals surface area contributed by atoms with E-state index in [-0.39, 0.29) is 11.7 Å². The van der Waals surface area contributed by atoms with Crippen molar-refractivity contribution in [2.45, 2.75) is 19.8 Å². The van der Waals surface area contributed by atoms with Gasteiger partial charge >= 0.3 is 5.69 Å². The Bertz CT molecular complexity index is 551. The quantitative estimate of drug-likeness (QED) is 0.597. The summed E-state index contributed by atoms with van der Waals surface area (Å²) in [6, 6.07) is 3.73. The van der Waals surface area contributed by atoms with Crippen LogP contribution in [-0.4, -0.2) is 10.7 Å². The van der Waals surface area contributed by atoms with Crippen LogP contribution in [0.15, 0.2) is 24.3 Å². The molecule has 18 heavy (non-hydrogen) atoms. The highest BCUT2D eigenvalue weighted by molar-refractivity contribution is 5.98. The van der Waals surface area contributed by atoms with Crippen LogP contribution in [0.4, 0.5) is 10.1 Å². The smallest absolute Gasteiger partial charge is 0.295 e.